The van der Waals surface area contributed by atoms with E-state index in [4.69, 9.17) is 4.74 Å². The second-order valence-corrected chi connectivity index (χ2v) is 3.18. The van der Waals surface area contributed by atoms with Gasteiger partial charge in [0.2, 0.25) is 0 Å². The highest BCUT2D eigenvalue weighted by atomic mass is 19.1. The number of rotatable bonds is 4. The van der Waals surface area contributed by atoms with Crippen molar-refractivity contribution >= 4 is 5.97 Å². The quantitative estimate of drug-likeness (QED) is 0.792. The number of esters is 1. The first-order chi connectivity index (χ1) is 7.58. The minimum absolute atomic E-state index is 0.196. The molecule has 0 aliphatic heterocycles. The van der Waals surface area contributed by atoms with Crippen LogP contribution in [0.25, 0.3) is 0 Å². The highest BCUT2D eigenvalue weighted by Gasteiger charge is 2.17. The summed E-state index contributed by atoms with van der Waals surface area (Å²) in [6, 6.07) is 3.72. The fourth-order valence-corrected chi connectivity index (χ4v) is 1.31. The third kappa shape index (κ3) is 2.93. The van der Waals surface area contributed by atoms with Gasteiger partial charge in [0, 0.05) is 11.6 Å². The van der Waals surface area contributed by atoms with Gasteiger partial charge in [-0.05, 0) is 12.1 Å². The third-order valence-corrected chi connectivity index (χ3v) is 2.14. The summed E-state index contributed by atoms with van der Waals surface area (Å²) in [6.07, 6.45) is -1.26. The molecule has 0 radical (unpaired) electrons. The number of methoxy groups -OCH3 is 2. The Morgan fingerprint density at radius 1 is 1.50 bits per heavy atom. The average molecular weight is 228 g/mol. The summed E-state index contributed by atoms with van der Waals surface area (Å²) in [5, 5.41) is 9.72. The van der Waals surface area contributed by atoms with Crippen molar-refractivity contribution in [1.82, 2.24) is 0 Å². The van der Waals surface area contributed by atoms with E-state index in [1.165, 1.54) is 26.4 Å². The summed E-state index contributed by atoms with van der Waals surface area (Å²) in [5.74, 6) is -0.804. The van der Waals surface area contributed by atoms with Crippen LogP contribution in [0.3, 0.4) is 0 Å². The maximum Gasteiger partial charge on any atom is 0.308 e. The predicted molar refractivity (Wildman–Crippen MR) is 54.5 cm³/mol. The Morgan fingerprint density at radius 3 is 2.75 bits per heavy atom. The molecule has 1 rings (SSSR count). The Bertz CT molecular complexity index is 378. The van der Waals surface area contributed by atoms with Gasteiger partial charge in [-0.1, -0.05) is 0 Å². The smallest absolute Gasteiger partial charge is 0.308 e. The summed E-state index contributed by atoms with van der Waals surface area (Å²) < 4.78 is 22.2. The Kier molecular flexibility index (Phi) is 4.25. The first-order valence-corrected chi connectivity index (χ1v) is 4.66. The zero-order valence-corrected chi connectivity index (χ0v) is 9.07. The van der Waals surface area contributed by atoms with Gasteiger partial charge < -0.3 is 14.6 Å². The van der Waals surface area contributed by atoms with E-state index in [1.54, 1.807) is 0 Å². The van der Waals surface area contributed by atoms with Crippen LogP contribution in [0.15, 0.2) is 18.2 Å². The van der Waals surface area contributed by atoms with Crippen LogP contribution in [0, 0.1) is 5.82 Å². The molecule has 0 aromatic heterocycles. The van der Waals surface area contributed by atoms with Crippen molar-refractivity contribution in [3.8, 4) is 5.75 Å². The van der Waals surface area contributed by atoms with Gasteiger partial charge >= 0.3 is 5.97 Å². The molecular weight excluding hydrogens is 215 g/mol. The third-order valence-electron chi connectivity index (χ3n) is 2.14. The molecule has 1 atom stereocenters. The largest absolute Gasteiger partial charge is 0.496 e. The summed E-state index contributed by atoms with van der Waals surface area (Å²) >= 11 is 0. The number of halogens is 1. The highest BCUT2D eigenvalue weighted by molar-refractivity contribution is 5.70. The van der Waals surface area contributed by atoms with Crippen molar-refractivity contribution in [3.63, 3.8) is 0 Å². The summed E-state index contributed by atoms with van der Waals surface area (Å²) in [6.45, 7) is 0. The number of aliphatic hydroxyl groups excluding tert-OH is 1. The van der Waals surface area contributed by atoms with E-state index in [0.717, 1.165) is 6.07 Å². The molecule has 0 spiro atoms. The van der Waals surface area contributed by atoms with Gasteiger partial charge in [0.1, 0.15) is 11.6 Å². The van der Waals surface area contributed by atoms with E-state index in [2.05, 4.69) is 4.74 Å². The maximum atomic E-state index is 12.9. The lowest BCUT2D eigenvalue weighted by Crippen LogP contribution is -2.09. The van der Waals surface area contributed by atoms with E-state index in [0.29, 0.717) is 5.56 Å². The molecule has 0 saturated heterocycles. The lowest BCUT2D eigenvalue weighted by Gasteiger charge is -2.13. The molecule has 16 heavy (non-hydrogen) atoms. The first-order valence-electron chi connectivity index (χ1n) is 4.66. The van der Waals surface area contributed by atoms with Crippen LogP contribution in [0.2, 0.25) is 0 Å². The van der Waals surface area contributed by atoms with E-state index in [-0.39, 0.29) is 12.2 Å². The molecule has 88 valence electrons. The Balaban J connectivity index is 2.90. The fourth-order valence-electron chi connectivity index (χ4n) is 1.31. The summed E-state index contributed by atoms with van der Waals surface area (Å²) in [7, 11) is 2.60. The van der Waals surface area contributed by atoms with Crippen LogP contribution >= 0.6 is 0 Å². The summed E-state index contributed by atoms with van der Waals surface area (Å²) in [4.78, 5) is 11.0. The van der Waals surface area contributed by atoms with Crippen LogP contribution in [0.4, 0.5) is 4.39 Å². The molecule has 5 heteroatoms. The first kappa shape index (κ1) is 12.4. The fraction of sp³-hybridized carbons (Fsp3) is 0.364. The molecule has 0 amide bonds. The highest BCUT2D eigenvalue weighted by Crippen LogP contribution is 2.28. The minimum Gasteiger partial charge on any atom is -0.496 e. The van der Waals surface area contributed by atoms with Crippen molar-refractivity contribution in [2.24, 2.45) is 0 Å². The van der Waals surface area contributed by atoms with Gasteiger partial charge in [-0.3, -0.25) is 4.79 Å². The van der Waals surface area contributed by atoms with E-state index in [9.17, 15) is 14.3 Å². The van der Waals surface area contributed by atoms with E-state index in [1.807, 2.05) is 0 Å². The standard InChI is InChI=1S/C11H13FO4/c1-15-10-5-7(12)3-4-8(10)9(13)6-11(14)16-2/h3-5,9,13H,6H2,1-2H3. The Labute approximate surface area is 92.6 Å². The molecular formula is C11H13FO4. The van der Waals surface area contributed by atoms with Crippen LogP contribution in [0.1, 0.15) is 18.1 Å². The van der Waals surface area contributed by atoms with Gasteiger partial charge in [-0.25, -0.2) is 4.39 Å². The molecule has 0 aliphatic carbocycles. The molecule has 0 heterocycles. The van der Waals surface area contributed by atoms with Crippen molar-refractivity contribution in [3.05, 3.63) is 29.6 Å². The van der Waals surface area contributed by atoms with Crippen LogP contribution in [-0.4, -0.2) is 25.3 Å². The van der Waals surface area contributed by atoms with E-state index >= 15 is 0 Å². The predicted octanol–water partition coefficient (Wildman–Crippen LogP) is 1.43. The lowest BCUT2D eigenvalue weighted by atomic mass is 10.1. The molecule has 0 bridgehead atoms. The lowest BCUT2D eigenvalue weighted by molar-refractivity contribution is -0.142. The van der Waals surface area contributed by atoms with Gasteiger partial charge in [0.15, 0.2) is 0 Å². The number of aliphatic hydroxyl groups is 1. The summed E-state index contributed by atoms with van der Waals surface area (Å²) in [5.41, 5.74) is 0.356. The molecule has 0 aliphatic rings. The van der Waals surface area contributed by atoms with Gasteiger partial charge in [-0.15, -0.1) is 0 Å². The van der Waals surface area contributed by atoms with Crippen molar-refractivity contribution in [2.75, 3.05) is 14.2 Å². The molecule has 4 nitrogen and oxygen atoms in total. The Hall–Kier alpha value is -1.62. The topological polar surface area (TPSA) is 55.8 Å². The Morgan fingerprint density at radius 2 is 2.19 bits per heavy atom. The number of hydrogen-bond acceptors (Lipinski definition) is 4. The minimum atomic E-state index is -1.07. The average Bonchev–Trinajstić information content (AvgIpc) is 2.28. The zero-order valence-electron chi connectivity index (χ0n) is 9.07. The van der Waals surface area contributed by atoms with Crippen molar-refractivity contribution in [2.45, 2.75) is 12.5 Å². The molecule has 1 aromatic carbocycles. The number of carbonyl (C=O) groups is 1. The molecule has 1 unspecified atom stereocenters. The molecule has 1 aromatic rings. The molecule has 0 fully saturated rings. The zero-order chi connectivity index (χ0) is 12.1. The molecule has 0 saturated carbocycles. The van der Waals surface area contributed by atoms with E-state index < -0.39 is 17.9 Å². The number of benzene rings is 1. The van der Waals surface area contributed by atoms with Crippen LogP contribution in [-0.2, 0) is 9.53 Å². The second-order valence-electron chi connectivity index (χ2n) is 3.18. The van der Waals surface area contributed by atoms with Crippen molar-refractivity contribution in [1.29, 1.82) is 0 Å². The monoisotopic (exact) mass is 228 g/mol. The van der Waals surface area contributed by atoms with Crippen LogP contribution < -0.4 is 4.74 Å². The normalized spacial score (nSPS) is 12.0. The van der Waals surface area contributed by atoms with Crippen molar-refractivity contribution < 1.29 is 23.8 Å². The number of carbonyl (C=O) groups excluding carboxylic acids is 1. The SMILES string of the molecule is COC(=O)CC(O)c1ccc(F)cc1OC. The van der Waals surface area contributed by atoms with Gasteiger partial charge in [0.25, 0.3) is 0 Å². The van der Waals surface area contributed by atoms with Gasteiger partial charge in [0.05, 0.1) is 26.7 Å². The van der Waals surface area contributed by atoms with Gasteiger partial charge in [-0.2, -0.15) is 0 Å². The molecule has 1 N–H and O–H groups in total. The maximum absolute atomic E-state index is 12.9. The van der Waals surface area contributed by atoms with Crippen LogP contribution in [0.5, 0.6) is 5.75 Å². The number of ether oxygens (including phenoxy) is 2. The number of hydrogen-bond donors (Lipinski definition) is 1. The second kappa shape index (κ2) is 5.46.